The van der Waals surface area contributed by atoms with E-state index >= 15 is 0 Å². The maximum atomic E-state index is 11.6. The predicted molar refractivity (Wildman–Crippen MR) is 87.6 cm³/mol. The van der Waals surface area contributed by atoms with Gasteiger partial charge in [0.15, 0.2) is 0 Å². The van der Waals surface area contributed by atoms with Gasteiger partial charge in [-0.1, -0.05) is 29.8 Å². The largest absolute Gasteiger partial charge is 0.272 e. The van der Waals surface area contributed by atoms with Gasteiger partial charge in [-0.3, -0.25) is 9.78 Å². The Morgan fingerprint density at radius 2 is 2.14 bits per heavy atom. The van der Waals surface area contributed by atoms with Crippen LogP contribution in [0.4, 0.5) is 0 Å². The van der Waals surface area contributed by atoms with E-state index in [-0.39, 0.29) is 5.91 Å². The van der Waals surface area contributed by atoms with Gasteiger partial charge in [0.1, 0.15) is 0 Å². The Balaban J connectivity index is 1.68. The van der Waals surface area contributed by atoms with Crippen molar-refractivity contribution in [1.82, 2.24) is 10.4 Å². The van der Waals surface area contributed by atoms with Crippen LogP contribution in [0, 0.1) is 0 Å². The van der Waals surface area contributed by atoms with Gasteiger partial charge in [-0.05, 0) is 23.8 Å². The molecule has 2 aromatic rings. The minimum atomic E-state index is -0.130. The van der Waals surface area contributed by atoms with E-state index in [1.165, 1.54) is 11.8 Å². The zero-order valence-corrected chi connectivity index (χ0v) is 12.8. The number of carbonyl (C=O) groups is 1. The summed E-state index contributed by atoms with van der Waals surface area (Å²) < 4.78 is 0. The Morgan fingerprint density at radius 1 is 1.33 bits per heavy atom. The fraction of sp³-hybridized carbons (Fsp3) is 0.133. The molecule has 0 spiro atoms. The number of amides is 1. The summed E-state index contributed by atoms with van der Waals surface area (Å²) >= 11 is 7.34. The number of hydrogen-bond acceptors (Lipinski definition) is 4. The second kappa shape index (κ2) is 8.44. The van der Waals surface area contributed by atoms with Crippen LogP contribution in [0.25, 0.3) is 0 Å². The second-order valence-corrected chi connectivity index (χ2v) is 5.62. The predicted octanol–water partition coefficient (Wildman–Crippen LogP) is 3.12. The molecule has 4 nitrogen and oxygen atoms in total. The standard InChI is InChI=1S/C15H14ClN3OS/c16-14-5-3-12(4-6-14)10-21-11-15(20)19-18-9-13-2-1-7-17-8-13/h1-9H,10-11H2,(H,19,20)/b18-9-. The van der Waals surface area contributed by atoms with E-state index in [1.54, 1.807) is 18.6 Å². The first-order valence-electron chi connectivity index (χ1n) is 6.28. The number of aromatic nitrogens is 1. The lowest BCUT2D eigenvalue weighted by atomic mass is 10.2. The van der Waals surface area contributed by atoms with Gasteiger partial charge in [0, 0.05) is 28.7 Å². The third kappa shape index (κ3) is 5.97. The molecule has 0 saturated carbocycles. The van der Waals surface area contributed by atoms with Crippen LogP contribution in [0.3, 0.4) is 0 Å². The van der Waals surface area contributed by atoms with Crippen LogP contribution < -0.4 is 5.43 Å². The van der Waals surface area contributed by atoms with Gasteiger partial charge in [0.2, 0.25) is 5.91 Å². The Morgan fingerprint density at radius 3 is 2.86 bits per heavy atom. The molecule has 1 N–H and O–H groups in total. The fourth-order valence-corrected chi connectivity index (χ4v) is 2.41. The number of nitrogens with one attached hydrogen (secondary N) is 1. The number of hydrazone groups is 1. The maximum Gasteiger partial charge on any atom is 0.250 e. The third-order valence-corrected chi connectivity index (χ3v) is 3.76. The van der Waals surface area contributed by atoms with Gasteiger partial charge < -0.3 is 0 Å². The van der Waals surface area contributed by atoms with E-state index in [0.29, 0.717) is 10.8 Å². The zero-order valence-electron chi connectivity index (χ0n) is 11.2. The lowest BCUT2D eigenvalue weighted by molar-refractivity contribution is -0.118. The normalized spacial score (nSPS) is 10.7. The van der Waals surface area contributed by atoms with Gasteiger partial charge in [-0.25, -0.2) is 5.43 Å². The lowest BCUT2D eigenvalue weighted by Gasteiger charge is -2.01. The van der Waals surface area contributed by atoms with Crippen LogP contribution >= 0.6 is 23.4 Å². The first-order chi connectivity index (χ1) is 10.2. The number of thioether (sulfide) groups is 1. The molecule has 0 radical (unpaired) electrons. The molecule has 2 rings (SSSR count). The summed E-state index contributed by atoms with van der Waals surface area (Å²) in [5.74, 6) is 0.985. The van der Waals surface area contributed by atoms with Gasteiger partial charge >= 0.3 is 0 Å². The number of rotatable bonds is 6. The Bertz CT molecular complexity index is 602. The molecule has 0 atom stereocenters. The van der Waals surface area contributed by atoms with Crippen molar-refractivity contribution >= 4 is 35.5 Å². The van der Waals surface area contributed by atoms with E-state index in [0.717, 1.165) is 16.9 Å². The van der Waals surface area contributed by atoms with Crippen LogP contribution in [0.2, 0.25) is 5.02 Å². The van der Waals surface area contributed by atoms with Crippen molar-refractivity contribution in [2.75, 3.05) is 5.75 Å². The van der Waals surface area contributed by atoms with Crippen LogP contribution in [0.15, 0.2) is 53.9 Å². The van der Waals surface area contributed by atoms with Crippen LogP contribution in [-0.4, -0.2) is 22.9 Å². The average Bonchev–Trinajstić information content (AvgIpc) is 2.50. The SMILES string of the molecule is O=C(CSCc1ccc(Cl)cc1)N/N=C\c1cccnc1. The maximum absolute atomic E-state index is 11.6. The van der Waals surface area contributed by atoms with Crippen molar-refractivity contribution < 1.29 is 4.79 Å². The first-order valence-corrected chi connectivity index (χ1v) is 7.81. The third-order valence-electron chi connectivity index (χ3n) is 2.50. The van der Waals surface area contributed by atoms with E-state index in [1.807, 2.05) is 36.4 Å². The van der Waals surface area contributed by atoms with Gasteiger partial charge in [0.05, 0.1) is 12.0 Å². The molecule has 1 aromatic heterocycles. The second-order valence-electron chi connectivity index (χ2n) is 4.20. The summed E-state index contributed by atoms with van der Waals surface area (Å²) in [4.78, 5) is 15.5. The van der Waals surface area contributed by atoms with Crippen molar-refractivity contribution in [3.8, 4) is 0 Å². The number of benzene rings is 1. The molecular weight excluding hydrogens is 306 g/mol. The number of nitrogens with zero attached hydrogens (tertiary/aromatic N) is 2. The van der Waals surface area contributed by atoms with E-state index < -0.39 is 0 Å². The van der Waals surface area contributed by atoms with Crippen molar-refractivity contribution in [3.63, 3.8) is 0 Å². The van der Waals surface area contributed by atoms with Gasteiger partial charge in [0.25, 0.3) is 0 Å². The summed E-state index contributed by atoms with van der Waals surface area (Å²) in [6.45, 7) is 0. The highest BCUT2D eigenvalue weighted by molar-refractivity contribution is 7.99. The number of pyridine rings is 1. The van der Waals surface area contributed by atoms with Crippen molar-refractivity contribution in [3.05, 3.63) is 64.9 Å². The first kappa shape index (κ1) is 15.5. The molecule has 1 heterocycles. The quantitative estimate of drug-likeness (QED) is 0.657. The Hall–Kier alpha value is -1.85. The van der Waals surface area contributed by atoms with Crippen LogP contribution in [-0.2, 0) is 10.5 Å². The minimum Gasteiger partial charge on any atom is -0.272 e. The number of hydrogen-bond donors (Lipinski definition) is 1. The molecule has 0 aliphatic carbocycles. The molecule has 0 bridgehead atoms. The highest BCUT2D eigenvalue weighted by Crippen LogP contribution is 2.15. The topological polar surface area (TPSA) is 54.4 Å². The molecule has 0 saturated heterocycles. The highest BCUT2D eigenvalue weighted by Gasteiger charge is 2.00. The van der Waals surface area contributed by atoms with E-state index in [9.17, 15) is 4.79 Å². The Labute approximate surface area is 132 Å². The summed E-state index contributed by atoms with van der Waals surface area (Å²) in [5, 5.41) is 4.60. The van der Waals surface area contributed by atoms with Gasteiger partial charge in [-0.2, -0.15) is 5.10 Å². The van der Waals surface area contributed by atoms with E-state index in [2.05, 4.69) is 15.5 Å². The monoisotopic (exact) mass is 319 g/mol. The molecular formula is C15H14ClN3OS. The Kier molecular flexibility index (Phi) is 6.24. The molecule has 0 fully saturated rings. The average molecular weight is 320 g/mol. The smallest absolute Gasteiger partial charge is 0.250 e. The summed E-state index contributed by atoms with van der Waals surface area (Å²) in [7, 11) is 0. The highest BCUT2D eigenvalue weighted by atomic mass is 35.5. The number of carbonyl (C=O) groups excluding carboxylic acids is 1. The molecule has 6 heteroatoms. The van der Waals surface area contributed by atoms with Crippen molar-refractivity contribution in [2.45, 2.75) is 5.75 Å². The molecule has 1 aromatic carbocycles. The summed E-state index contributed by atoms with van der Waals surface area (Å²) in [6.07, 6.45) is 4.92. The number of halogens is 1. The lowest BCUT2D eigenvalue weighted by Crippen LogP contribution is -2.19. The minimum absolute atomic E-state index is 0.130. The van der Waals surface area contributed by atoms with Crippen LogP contribution in [0.5, 0.6) is 0 Å². The van der Waals surface area contributed by atoms with Gasteiger partial charge in [-0.15, -0.1) is 11.8 Å². The van der Waals surface area contributed by atoms with Crippen molar-refractivity contribution in [1.29, 1.82) is 0 Å². The molecule has 1 amide bonds. The van der Waals surface area contributed by atoms with E-state index in [4.69, 9.17) is 11.6 Å². The summed E-state index contributed by atoms with van der Waals surface area (Å²) in [5.41, 5.74) is 4.46. The van der Waals surface area contributed by atoms with Crippen LogP contribution in [0.1, 0.15) is 11.1 Å². The molecule has 0 aliphatic heterocycles. The molecule has 0 aliphatic rings. The molecule has 108 valence electrons. The summed E-state index contributed by atoms with van der Waals surface area (Å²) in [6, 6.07) is 11.3. The zero-order chi connectivity index (χ0) is 14.9. The van der Waals surface area contributed by atoms with Crippen molar-refractivity contribution in [2.24, 2.45) is 5.10 Å². The fourth-order valence-electron chi connectivity index (χ4n) is 1.51. The molecule has 21 heavy (non-hydrogen) atoms. The molecule has 0 unspecified atom stereocenters.